The lowest BCUT2D eigenvalue weighted by atomic mass is 9.97. The second-order valence-corrected chi connectivity index (χ2v) is 6.76. The second kappa shape index (κ2) is 5.74. The van der Waals surface area contributed by atoms with E-state index in [1.54, 1.807) is 6.07 Å². The molecule has 3 nitrogen and oxygen atoms in total. The zero-order valence-electron chi connectivity index (χ0n) is 12.5. The summed E-state index contributed by atoms with van der Waals surface area (Å²) in [7, 11) is 0. The highest BCUT2D eigenvalue weighted by Gasteiger charge is 2.39. The molecule has 0 bridgehead atoms. The molecule has 1 aliphatic carbocycles. The van der Waals surface area contributed by atoms with E-state index in [4.69, 9.17) is 0 Å². The van der Waals surface area contributed by atoms with Crippen molar-refractivity contribution < 1.29 is 5.11 Å². The zero-order valence-corrected chi connectivity index (χ0v) is 12.5. The van der Waals surface area contributed by atoms with Gasteiger partial charge in [0.1, 0.15) is 5.75 Å². The van der Waals surface area contributed by atoms with Crippen molar-refractivity contribution in [3.63, 3.8) is 0 Å². The average molecular weight is 274 g/mol. The van der Waals surface area contributed by atoms with Crippen LogP contribution in [0.5, 0.6) is 5.75 Å². The van der Waals surface area contributed by atoms with Crippen LogP contribution in [0.1, 0.15) is 32.3 Å². The highest BCUT2D eigenvalue weighted by molar-refractivity contribution is 5.27. The molecule has 1 aliphatic heterocycles. The van der Waals surface area contributed by atoms with Crippen molar-refractivity contribution in [1.29, 1.82) is 0 Å². The van der Waals surface area contributed by atoms with Gasteiger partial charge in [0.25, 0.3) is 0 Å². The highest BCUT2D eigenvalue weighted by atomic mass is 16.3. The smallest absolute Gasteiger partial charge is 0.115 e. The van der Waals surface area contributed by atoms with Gasteiger partial charge < -0.3 is 10.4 Å². The van der Waals surface area contributed by atoms with Crippen LogP contribution in [0.25, 0.3) is 0 Å². The zero-order chi connectivity index (χ0) is 14.1. The minimum atomic E-state index is 0.376. The van der Waals surface area contributed by atoms with E-state index in [1.807, 2.05) is 12.1 Å². The highest BCUT2D eigenvalue weighted by Crippen LogP contribution is 2.37. The Morgan fingerprint density at radius 2 is 2.15 bits per heavy atom. The Kier molecular flexibility index (Phi) is 3.99. The lowest BCUT2D eigenvalue weighted by molar-refractivity contribution is 0.0926. The first-order valence-electron chi connectivity index (χ1n) is 7.89. The van der Waals surface area contributed by atoms with Gasteiger partial charge in [-0.3, -0.25) is 4.90 Å². The van der Waals surface area contributed by atoms with Crippen molar-refractivity contribution >= 4 is 0 Å². The van der Waals surface area contributed by atoms with Crippen LogP contribution < -0.4 is 5.32 Å². The fraction of sp³-hybridized carbons (Fsp3) is 0.647. The molecule has 2 atom stereocenters. The van der Waals surface area contributed by atoms with Gasteiger partial charge in [-0.05, 0) is 42.4 Å². The summed E-state index contributed by atoms with van der Waals surface area (Å²) in [5.74, 6) is 1.93. The molecule has 1 aromatic carbocycles. The number of phenolic OH excluding ortho intramolecular Hbond substituents is 1. The summed E-state index contributed by atoms with van der Waals surface area (Å²) in [6.07, 6.45) is 2.77. The molecule has 0 radical (unpaired) electrons. The molecule has 3 heteroatoms. The Morgan fingerprint density at radius 3 is 2.80 bits per heavy atom. The lowest BCUT2D eigenvalue weighted by Crippen LogP contribution is -2.58. The third kappa shape index (κ3) is 3.15. The molecular formula is C17H26N2O. The first-order valence-corrected chi connectivity index (χ1v) is 7.89. The predicted molar refractivity (Wildman–Crippen MR) is 81.7 cm³/mol. The molecule has 0 aromatic heterocycles. The number of hydrogen-bond donors (Lipinski definition) is 2. The molecule has 1 saturated carbocycles. The van der Waals surface area contributed by atoms with Crippen molar-refractivity contribution in [2.24, 2.45) is 11.8 Å². The molecule has 1 heterocycles. The molecular weight excluding hydrogens is 248 g/mol. The van der Waals surface area contributed by atoms with E-state index >= 15 is 0 Å². The summed E-state index contributed by atoms with van der Waals surface area (Å²) in [6.45, 7) is 7.78. The maximum absolute atomic E-state index is 9.64. The Balaban J connectivity index is 1.72. The molecule has 2 aliphatic rings. The first-order chi connectivity index (χ1) is 9.63. The largest absolute Gasteiger partial charge is 0.508 e. The number of nitrogens with one attached hydrogen (secondary N) is 1. The molecule has 20 heavy (non-hydrogen) atoms. The molecule has 2 N–H and O–H groups in total. The maximum atomic E-state index is 9.64. The van der Waals surface area contributed by atoms with Crippen LogP contribution in [0.2, 0.25) is 0 Å². The standard InChI is InChI=1S/C17H26N2O/c1-12(2)16-11-19(17(9-18-16)14-6-7-14)10-13-4-3-5-15(20)8-13/h3-5,8,12,14,16-18,20H,6-7,9-11H2,1-2H3. The van der Waals surface area contributed by atoms with Crippen LogP contribution in [0, 0.1) is 11.8 Å². The monoisotopic (exact) mass is 274 g/mol. The minimum Gasteiger partial charge on any atom is -0.508 e. The summed E-state index contributed by atoms with van der Waals surface area (Å²) in [5, 5.41) is 13.4. The topological polar surface area (TPSA) is 35.5 Å². The van der Waals surface area contributed by atoms with Crippen LogP contribution in [-0.4, -0.2) is 35.2 Å². The number of piperazine rings is 1. The molecule has 0 amide bonds. The van der Waals surface area contributed by atoms with Gasteiger partial charge in [0, 0.05) is 31.7 Å². The molecule has 2 fully saturated rings. The third-order valence-corrected chi connectivity index (χ3v) is 4.76. The van der Waals surface area contributed by atoms with Crippen LogP contribution in [0.15, 0.2) is 24.3 Å². The predicted octanol–water partition coefficient (Wildman–Crippen LogP) is 2.60. The van der Waals surface area contributed by atoms with Crippen LogP contribution >= 0.6 is 0 Å². The Bertz CT molecular complexity index is 456. The van der Waals surface area contributed by atoms with E-state index in [9.17, 15) is 5.11 Å². The van der Waals surface area contributed by atoms with E-state index in [0.29, 0.717) is 23.8 Å². The minimum absolute atomic E-state index is 0.376. The molecule has 0 spiro atoms. The normalized spacial score (nSPS) is 27.9. The summed E-state index contributed by atoms with van der Waals surface area (Å²) < 4.78 is 0. The van der Waals surface area contributed by atoms with Crippen molar-refractivity contribution in [1.82, 2.24) is 10.2 Å². The Hall–Kier alpha value is -1.06. The van der Waals surface area contributed by atoms with E-state index in [1.165, 1.54) is 18.4 Å². The van der Waals surface area contributed by atoms with E-state index < -0.39 is 0 Å². The summed E-state index contributed by atoms with van der Waals surface area (Å²) >= 11 is 0. The molecule has 110 valence electrons. The molecule has 1 aromatic rings. The van der Waals surface area contributed by atoms with Crippen LogP contribution in [0.4, 0.5) is 0 Å². The number of benzene rings is 1. The second-order valence-electron chi connectivity index (χ2n) is 6.76. The van der Waals surface area contributed by atoms with Gasteiger partial charge in [0.05, 0.1) is 0 Å². The quantitative estimate of drug-likeness (QED) is 0.886. The molecule has 1 saturated heterocycles. The Labute approximate surface area is 122 Å². The first kappa shape index (κ1) is 13.9. The SMILES string of the molecule is CC(C)C1CN(Cc2cccc(O)c2)C(C2CC2)CN1. The fourth-order valence-corrected chi connectivity index (χ4v) is 3.32. The van der Waals surface area contributed by atoms with Crippen molar-refractivity contribution in [2.45, 2.75) is 45.3 Å². The van der Waals surface area contributed by atoms with Crippen LogP contribution in [-0.2, 0) is 6.54 Å². The number of nitrogens with zero attached hydrogens (tertiary/aromatic N) is 1. The number of rotatable bonds is 4. The maximum Gasteiger partial charge on any atom is 0.115 e. The van der Waals surface area contributed by atoms with Gasteiger partial charge in [0.15, 0.2) is 0 Å². The third-order valence-electron chi connectivity index (χ3n) is 4.76. The van der Waals surface area contributed by atoms with E-state index in [-0.39, 0.29) is 0 Å². The van der Waals surface area contributed by atoms with Gasteiger partial charge >= 0.3 is 0 Å². The van der Waals surface area contributed by atoms with Crippen molar-refractivity contribution in [3.05, 3.63) is 29.8 Å². The lowest BCUT2D eigenvalue weighted by Gasteiger charge is -2.42. The van der Waals surface area contributed by atoms with Gasteiger partial charge in [0.2, 0.25) is 0 Å². The summed E-state index contributed by atoms with van der Waals surface area (Å²) in [6, 6.07) is 8.97. The van der Waals surface area contributed by atoms with Gasteiger partial charge in [-0.1, -0.05) is 26.0 Å². The van der Waals surface area contributed by atoms with Gasteiger partial charge in [-0.2, -0.15) is 0 Å². The number of phenols is 1. The van der Waals surface area contributed by atoms with Gasteiger partial charge in [-0.15, -0.1) is 0 Å². The number of hydrogen-bond acceptors (Lipinski definition) is 3. The molecule has 3 rings (SSSR count). The van der Waals surface area contributed by atoms with Crippen molar-refractivity contribution in [2.75, 3.05) is 13.1 Å². The van der Waals surface area contributed by atoms with E-state index in [0.717, 1.165) is 25.6 Å². The number of aromatic hydroxyl groups is 1. The average Bonchev–Trinajstić information content (AvgIpc) is 3.23. The molecule has 2 unspecified atom stereocenters. The Morgan fingerprint density at radius 1 is 1.35 bits per heavy atom. The summed E-state index contributed by atoms with van der Waals surface area (Å²) in [4.78, 5) is 2.63. The fourth-order valence-electron chi connectivity index (χ4n) is 3.32. The van der Waals surface area contributed by atoms with Crippen molar-refractivity contribution in [3.8, 4) is 5.75 Å². The van der Waals surface area contributed by atoms with Gasteiger partial charge in [-0.25, -0.2) is 0 Å². The van der Waals surface area contributed by atoms with E-state index in [2.05, 4.69) is 30.1 Å². The summed E-state index contributed by atoms with van der Waals surface area (Å²) in [5.41, 5.74) is 1.22. The van der Waals surface area contributed by atoms with Crippen LogP contribution in [0.3, 0.4) is 0 Å².